The SMILES string of the molecule is NS(=O)(=O)c1c(F)cc(-c2cccnc2-c2ccccc2)cc1F. The van der Waals surface area contributed by atoms with Crippen LogP contribution in [0.3, 0.4) is 0 Å². The predicted molar refractivity (Wildman–Crippen MR) is 86.4 cm³/mol. The molecule has 4 nitrogen and oxygen atoms in total. The van der Waals surface area contributed by atoms with E-state index in [9.17, 15) is 17.2 Å². The molecule has 0 saturated carbocycles. The molecule has 0 fully saturated rings. The lowest BCUT2D eigenvalue weighted by atomic mass is 9.99. The largest absolute Gasteiger partial charge is 0.256 e. The topological polar surface area (TPSA) is 73.1 Å². The number of hydrogen-bond acceptors (Lipinski definition) is 3. The smallest absolute Gasteiger partial charge is 0.243 e. The molecule has 122 valence electrons. The molecule has 0 atom stereocenters. The van der Waals surface area contributed by atoms with E-state index in [1.807, 2.05) is 30.3 Å². The van der Waals surface area contributed by atoms with E-state index in [0.717, 1.165) is 17.7 Å². The van der Waals surface area contributed by atoms with Crippen LogP contribution in [0.2, 0.25) is 0 Å². The molecule has 0 spiro atoms. The number of hydrogen-bond donors (Lipinski definition) is 1. The van der Waals surface area contributed by atoms with Gasteiger partial charge in [0.25, 0.3) is 0 Å². The number of primary sulfonamides is 1. The van der Waals surface area contributed by atoms with Crippen LogP contribution in [-0.4, -0.2) is 13.4 Å². The minimum atomic E-state index is -4.49. The average Bonchev–Trinajstić information content (AvgIpc) is 2.53. The Morgan fingerprint density at radius 1 is 0.875 bits per heavy atom. The van der Waals surface area contributed by atoms with E-state index in [1.165, 1.54) is 0 Å². The zero-order valence-electron chi connectivity index (χ0n) is 12.3. The van der Waals surface area contributed by atoms with Gasteiger partial charge in [0.1, 0.15) is 11.6 Å². The second-order valence-corrected chi connectivity index (χ2v) is 6.58. The van der Waals surface area contributed by atoms with Gasteiger partial charge in [-0.1, -0.05) is 36.4 Å². The highest BCUT2D eigenvalue weighted by Crippen LogP contribution is 2.32. The molecule has 0 bridgehead atoms. The molecule has 0 unspecified atom stereocenters. The third-order valence-corrected chi connectivity index (χ3v) is 4.41. The Balaban J connectivity index is 2.22. The van der Waals surface area contributed by atoms with Crippen LogP contribution in [0.25, 0.3) is 22.4 Å². The van der Waals surface area contributed by atoms with Crippen LogP contribution in [0.4, 0.5) is 8.78 Å². The normalized spacial score (nSPS) is 11.5. The summed E-state index contributed by atoms with van der Waals surface area (Å²) in [4.78, 5) is 3.13. The highest BCUT2D eigenvalue weighted by molar-refractivity contribution is 7.89. The van der Waals surface area contributed by atoms with Crippen molar-refractivity contribution in [1.82, 2.24) is 4.98 Å². The zero-order valence-corrected chi connectivity index (χ0v) is 13.1. The number of nitrogens with zero attached hydrogens (tertiary/aromatic N) is 1. The summed E-state index contributed by atoms with van der Waals surface area (Å²) in [6.45, 7) is 0. The van der Waals surface area contributed by atoms with E-state index < -0.39 is 26.6 Å². The molecular formula is C17H12F2N2O2S. The molecule has 3 aromatic rings. The van der Waals surface area contributed by atoms with Gasteiger partial charge in [-0.2, -0.15) is 0 Å². The quantitative estimate of drug-likeness (QED) is 0.790. The fourth-order valence-corrected chi connectivity index (χ4v) is 3.11. The predicted octanol–water partition coefficient (Wildman–Crippen LogP) is 3.34. The Hall–Kier alpha value is -2.64. The number of aromatic nitrogens is 1. The van der Waals surface area contributed by atoms with Gasteiger partial charge in [-0.15, -0.1) is 0 Å². The molecule has 1 aromatic heterocycles. The molecule has 2 aromatic carbocycles. The maximum Gasteiger partial charge on any atom is 0.243 e. The van der Waals surface area contributed by atoms with E-state index in [2.05, 4.69) is 4.98 Å². The zero-order chi connectivity index (χ0) is 17.3. The fourth-order valence-electron chi connectivity index (χ4n) is 2.45. The second kappa shape index (κ2) is 6.10. The summed E-state index contributed by atoms with van der Waals surface area (Å²) >= 11 is 0. The van der Waals surface area contributed by atoms with Gasteiger partial charge < -0.3 is 0 Å². The molecule has 0 amide bonds. The number of rotatable bonds is 3. The van der Waals surface area contributed by atoms with Gasteiger partial charge in [-0.25, -0.2) is 22.3 Å². The molecule has 1 heterocycles. The van der Waals surface area contributed by atoms with Crippen molar-refractivity contribution < 1.29 is 17.2 Å². The van der Waals surface area contributed by atoms with Gasteiger partial charge in [-0.05, 0) is 23.8 Å². The molecule has 2 N–H and O–H groups in total. The second-order valence-electron chi connectivity index (χ2n) is 5.08. The first kappa shape index (κ1) is 16.2. The van der Waals surface area contributed by atoms with Gasteiger partial charge in [0, 0.05) is 17.3 Å². The lowest BCUT2D eigenvalue weighted by Gasteiger charge is -2.11. The van der Waals surface area contributed by atoms with Crippen LogP contribution in [0.15, 0.2) is 65.7 Å². The molecule has 7 heteroatoms. The van der Waals surface area contributed by atoms with E-state index in [-0.39, 0.29) is 5.56 Å². The van der Waals surface area contributed by atoms with Crippen molar-refractivity contribution in [3.05, 3.63) is 72.4 Å². The van der Waals surface area contributed by atoms with Gasteiger partial charge in [0.15, 0.2) is 4.90 Å². The molecule has 24 heavy (non-hydrogen) atoms. The van der Waals surface area contributed by atoms with Gasteiger partial charge in [-0.3, -0.25) is 4.98 Å². The Kier molecular flexibility index (Phi) is 4.13. The molecule has 0 aliphatic rings. The number of halogens is 2. The summed E-state index contributed by atoms with van der Waals surface area (Å²) < 4.78 is 50.8. The Morgan fingerprint density at radius 2 is 1.50 bits per heavy atom. The van der Waals surface area contributed by atoms with Crippen molar-refractivity contribution in [2.45, 2.75) is 4.90 Å². The lowest BCUT2D eigenvalue weighted by molar-refractivity contribution is 0.520. The minimum Gasteiger partial charge on any atom is -0.256 e. The number of sulfonamides is 1. The summed E-state index contributed by atoms with van der Waals surface area (Å²) in [5.41, 5.74) is 1.94. The molecule has 3 rings (SSSR count). The highest BCUT2D eigenvalue weighted by atomic mass is 32.2. The van der Waals surface area contributed by atoms with E-state index in [0.29, 0.717) is 11.3 Å². The summed E-state index contributed by atoms with van der Waals surface area (Å²) in [6, 6.07) is 14.3. The van der Waals surface area contributed by atoms with Crippen LogP contribution in [-0.2, 0) is 10.0 Å². The number of nitrogens with two attached hydrogens (primary N) is 1. The highest BCUT2D eigenvalue weighted by Gasteiger charge is 2.22. The van der Waals surface area contributed by atoms with Crippen molar-refractivity contribution in [2.75, 3.05) is 0 Å². The first-order valence-electron chi connectivity index (χ1n) is 6.90. The van der Waals surface area contributed by atoms with Crippen LogP contribution in [0.5, 0.6) is 0 Å². The number of benzene rings is 2. The minimum absolute atomic E-state index is 0.171. The summed E-state index contributed by atoms with van der Waals surface area (Å²) in [5.74, 6) is -2.48. The monoisotopic (exact) mass is 346 g/mol. The summed E-state index contributed by atoms with van der Waals surface area (Å²) in [5, 5.41) is 4.85. The van der Waals surface area contributed by atoms with Crippen LogP contribution < -0.4 is 5.14 Å². The summed E-state index contributed by atoms with van der Waals surface area (Å²) in [7, 11) is -4.49. The average molecular weight is 346 g/mol. The van der Waals surface area contributed by atoms with Gasteiger partial charge in [0.2, 0.25) is 10.0 Å². The first-order chi connectivity index (χ1) is 11.4. The molecule has 0 radical (unpaired) electrons. The number of pyridine rings is 1. The lowest BCUT2D eigenvalue weighted by Crippen LogP contribution is -2.16. The van der Waals surface area contributed by atoms with Gasteiger partial charge >= 0.3 is 0 Å². The first-order valence-corrected chi connectivity index (χ1v) is 8.45. The van der Waals surface area contributed by atoms with Crippen molar-refractivity contribution >= 4 is 10.0 Å². The van der Waals surface area contributed by atoms with E-state index >= 15 is 0 Å². The van der Waals surface area contributed by atoms with Crippen molar-refractivity contribution in [2.24, 2.45) is 5.14 Å². The third-order valence-electron chi connectivity index (χ3n) is 3.45. The standard InChI is InChI=1S/C17H12F2N2O2S/c18-14-9-12(10-15(19)17(14)24(20,22)23)13-7-4-8-21-16(13)11-5-2-1-3-6-11/h1-10H,(H2,20,22,23). The fraction of sp³-hybridized carbons (Fsp3) is 0. The molecule has 0 aliphatic carbocycles. The van der Waals surface area contributed by atoms with Crippen molar-refractivity contribution in [1.29, 1.82) is 0 Å². The molecule has 0 saturated heterocycles. The van der Waals surface area contributed by atoms with Gasteiger partial charge in [0.05, 0.1) is 5.69 Å². The maximum absolute atomic E-state index is 14.1. The van der Waals surface area contributed by atoms with Crippen molar-refractivity contribution in [3.8, 4) is 22.4 Å². The van der Waals surface area contributed by atoms with Crippen LogP contribution >= 0.6 is 0 Å². The Morgan fingerprint density at radius 3 is 2.08 bits per heavy atom. The summed E-state index contributed by atoms with van der Waals surface area (Å²) in [6.07, 6.45) is 1.57. The van der Waals surface area contributed by atoms with Crippen LogP contribution in [0, 0.1) is 11.6 Å². The van der Waals surface area contributed by atoms with E-state index in [4.69, 9.17) is 5.14 Å². The van der Waals surface area contributed by atoms with E-state index in [1.54, 1.807) is 18.3 Å². The Bertz CT molecular complexity index is 983. The Labute approximate surface area is 137 Å². The van der Waals surface area contributed by atoms with Crippen LogP contribution in [0.1, 0.15) is 0 Å². The third kappa shape index (κ3) is 3.04. The maximum atomic E-state index is 14.1. The van der Waals surface area contributed by atoms with Crippen molar-refractivity contribution in [3.63, 3.8) is 0 Å². The molecule has 0 aliphatic heterocycles. The molecular weight excluding hydrogens is 334 g/mol.